The van der Waals surface area contributed by atoms with E-state index in [1.54, 1.807) is 12.1 Å². The second kappa shape index (κ2) is 5.38. The Bertz CT molecular complexity index is 666. The van der Waals surface area contributed by atoms with Gasteiger partial charge in [0.05, 0.1) is 22.1 Å². The number of carbonyl (C=O) groups is 2. The molecule has 2 atom stereocenters. The van der Waals surface area contributed by atoms with Gasteiger partial charge in [-0.25, -0.2) is 0 Å². The van der Waals surface area contributed by atoms with E-state index in [2.05, 4.69) is 5.32 Å². The van der Waals surface area contributed by atoms with Crippen LogP contribution < -0.4 is 5.32 Å². The Morgan fingerprint density at radius 2 is 2.09 bits per heavy atom. The van der Waals surface area contributed by atoms with Crippen LogP contribution >= 0.6 is 23.2 Å². The van der Waals surface area contributed by atoms with Crippen LogP contribution in [0.15, 0.2) is 12.1 Å². The number of hydrogen-bond donors (Lipinski definition) is 3. The van der Waals surface area contributed by atoms with Crippen LogP contribution in [-0.4, -0.2) is 52.7 Å². The van der Waals surface area contributed by atoms with Crippen molar-refractivity contribution >= 4 is 40.7 Å². The molecule has 0 aliphatic carbocycles. The molecule has 118 valence electrons. The summed E-state index contributed by atoms with van der Waals surface area (Å²) in [6, 6.07) is 3.24. The number of carbonyl (C=O) groups excluding carboxylic acids is 2. The molecule has 2 amide bonds. The van der Waals surface area contributed by atoms with Crippen LogP contribution in [0, 0.1) is 0 Å². The van der Waals surface area contributed by atoms with Gasteiger partial charge in [-0.2, -0.15) is 0 Å². The summed E-state index contributed by atoms with van der Waals surface area (Å²) < 4.78 is 0. The predicted octanol–water partition coefficient (Wildman–Crippen LogP) is 0.769. The third-order valence-electron chi connectivity index (χ3n) is 4.30. The minimum Gasteiger partial charge on any atom is -0.393 e. The Morgan fingerprint density at radius 1 is 1.41 bits per heavy atom. The highest BCUT2D eigenvalue weighted by Gasteiger charge is 2.52. The smallest absolute Gasteiger partial charge is 0.253 e. The number of benzene rings is 1. The van der Waals surface area contributed by atoms with Crippen molar-refractivity contribution in [2.24, 2.45) is 0 Å². The van der Waals surface area contributed by atoms with Gasteiger partial charge < -0.3 is 20.4 Å². The van der Waals surface area contributed by atoms with Gasteiger partial charge in [-0.3, -0.25) is 9.59 Å². The minimum atomic E-state index is -1.46. The molecule has 22 heavy (non-hydrogen) atoms. The monoisotopic (exact) mass is 344 g/mol. The van der Waals surface area contributed by atoms with Gasteiger partial charge in [0.1, 0.15) is 0 Å². The van der Waals surface area contributed by atoms with Crippen LogP contribution in [0.25, 0.3) is 0 Å². The summed E-state index contributed by atoms with van der Waals surface area (Å²) in [6.07, 6.45) is -1.04. The molecule has 0 bridgehead atoms. The zero-order valence-corrected chi connectivity index (χ0v) is 13.0. The molecular formula is C14H14Cl2N2O4. The summed E-state index contributed by atoms with van der Waals surface area (Å²) in [5.74, 6) is -0.796. The van der Waals surface area contributed by atoms with E-state index in [0.717, 1.165) is 0 Å². The molecule has 3 N–H and O–H groups in total. The average Bonchev–Trinajstić information content (AvgIpc) is 3.04. The van der Waals surface area contributed by atoms with Crippen molar-refractivity contribution in [1.29, 1.82) is 0 Å². The largest absolute Gasteiger partial charge is 0.393 e. The third kappa shape index (κ3) is 2.18. The number of aliphatic hydroxyl groups is 2. The molecule has 1 aromatic carbocycles. The van der Waals surface area contributed by atoms with Crippen LogP contribution in [-0.2, 0) is 15.0 Å². The van der Waals surface area contributed by atoms with Crippen LogP contribution in [0.1, 0.15) is 12.0 Å². The molecule has 1 saturated heterocycles. The van der Waals surface area contributed by atoms with E-state index >= 15 is 0 Å². The SMILES string of the molecule is O=C([C@@H](O)CO)N1CC[C@]2(C1)C(=O)Nc1cc(Cl)c(Cl)cc12. The van der Waals surface area contributed by atoms with E-state index in [1.165, 1.54) is 4.90 Å². The fourth-order valence-electron chi connectivity index (χ4n) is 3.10. The molecule has 3 rings (SSSR count). The van der Waals surface area contributed by atoms with Crippen molar-refractivity contribution in [1.82, 2.24) is 4.90 Å². The number of nitrogens with one attached hydrogen (secondary N) is 1. The molecule has 0 unspecified atom stereocenters. The van der Waals surface area contributed by atoms with E-state index in [0.29, 0.717) is 34.3 Å². The second-order valence-electron chi connectivity index (χ2n) is 5.56. The van der Waals surface area contributed by atoms with Gasteiger partial charge in [0.15, 0.2) is 6.10 Å². The molecule has 1 aromatic rings. The third-order valence-corrected chi connectivity index (χ3v) is 5.02. The van der Waals surface area contributed by atoms with Gasteiger partial charge in [0.2, 0.25) is 5.91 Å². The van der Waals surface area contributed by atoms with E-state index in [1.807, 2.05) is 0 Å². The molecule has 0 saturated carbocycles. The lowest BCUT2D eigenvalue weighted by Gasteiger charge is -2.23. The van der Waals surface area contributed by atoms with Crippen molar-refractivity contribution < 1.29 is 19.8 Å². The number of anilines is 1. The Labute approximate surface area is 136 Å². The number of likely N-dealkylation sites (tertiary alicyclic amines) is 1. The predicted molar refractivity (Wildman–Crippen MR) is 81.1 cm³/mol. The van der Waals surface area contributed by atoms with Gasteiger partial charge >= 0.3 is 0 Å². The lowest BCUT2D eigenvalue weighted by atomic mass is 9.81. The molecule has 0 radical (unpaired) electrons. The van der Waals surface area contributed by atoms with Crippen molar-refractivity contribution in [3.05, 3.63) is 27.7 Å². The summed E-state index contributed by atoms with van der Waals surface area (Å²) in [5.41, 5.74) is 0.422. The Balaban J connectivity index is 1.95. The number of nitrogens with zero attached hydrogens (tertiary/aromatic N) is 1. The molecular weight excluding hydrogens is 331 g/mol. The Kier molecular flexibility index (Phi) is 3.81. The van der Waals surface area contributed by atoms with Crippen LogP contribution in [0.2, 0.25) is 10.0 Å². The van der Waals surface area contributed by atoms with Crippen LogP contribution in [0.3, 0.4) is 0 Å². The average molecular weight is 345 g/mol. The number of halogens is 2. The highest BCUT2D eigenvalue weighted by Crippen LogP contribution is 2.46. The summed E-state index contributed by atoms with van der Waals surface area (Å²) >= 11 is 12.0. The first-order valence-electron chi connectivity index (χ1n) is 6.78. The number of aliphatic hydroxyl groups excluding tert-OH is 2. The highest BCUT2D eigenvalue weighted by molar-refractivity contribution is 6.42. The number of rotatable bonds is 2. The summed E-state index contributed by atoms with van der Waals surface area (Å²) in [5, 5.41) is 21.8. The van der Waals surface area contributed by atoms with Crippen LogP contribution in [0.5, 0.6) is 0 Å². The number of fused-ring (bicyclic) bond motifs is 2. The molecule has 2 heterocycles. The molecule has 1 fully saturated rings. The number of amides is 2. The molecule has 0 aromatic heterocycles. The molecule has 2 aliphatic rings. The normalized spacial score (nSPS) is 24.5. The lowest BCUT2D eigenvalue weighted by molar-refractivity contribution is -0.141. The van der Waals surface area contributed by atoms with Gasteiger partial charge in [-0.1, -0.05) is 23.2 Å². The van der Waals surface area contributed by atoms with Gasteiger partial charge in [-0.15, -0.1) is 0 Å². The van der Waals surface area contributed by atoms with Crippen LogP contribution in [0.4, 0.5) is 5.69 Å². The first-order chi connectivity index (χ1) is 10.4. The zero-order chi connectivity index (χ0) is 16.1. The fraction of sp³-hybridized carbons (Fsp3) is 0.429. The van der Waals surface area contributed by atoms with Crippen molar-refractivity contribution in [2.45, 2.75) is 17.9 Å². The maximum Gasteiger partial charge on any atom is 0.253 e. The highest BCUT2D eigenvalue weighted by atomic mass is 35.5. The van der Waals surface area contributed by atoms with Gasteiger partial charge in [-0.05, 0) is 24.1 Å². The second-order valence-corrected chi connectivity index (χ2v) is 6.37. The van der Waals surface area contributed by atoms with E-state index in [9.17, 15) is 14.7 Å². The van der Waals surface area contributed by atoms with Crippen molar-refractivity contribution in [3.63, 3.8) is 0 Å². The summed E-state index contributed by atoms with van der Waals surface area (Å²) in [4.78, 5) is 25.8. The minimum absolute atomic E-state index is 0.139. The standard InChI is InChI=1S/C14H14Cl2N2O4/c15-8-3-7-10(4-9(8)16)17-13(22)14(7)1-2-18(6-14)12(21)11(20)5-19/h3-4,11,19-20H,1-2,5-6H2,(H,17,22)/t11-,14+/m0/s1. The molecule has 8 heteroatoms. The molecule has 6 nitrogen and oxygen atoms in total. The van der Waals surface area contributed by atoms with E-state index < -0.39 is 24.0 Å². The van der Waals surface area contributed by atoms with E-state index in [-0.39, 0.29) is 12.5 Å². The maximum atomic E-state index is 12.4. The Hall–Kier alpha value is -1.34. The first-order valence-corrected chi connectivity index (χ1v) is 7.53. The van der Waals surface area contributed by atoms with Gasteiger partial charge in [0.25, 0.3) is 5.91 Å². The summed E-state index contributed by atoms with van der Waals surface area (Å²) in [7, 11) is 0. The molecule has 1 spiro atoms. The lowest BCUT2D eigenvalue weighted by Crippen LogP contribution is -2.43. The van der Waals surface area contributed by atoms with Crippen molar-refractivity contribution in [3.8, 4) is 0 Å². The fourth-order valence-corrected chi connectivity index (χ4v) is 3.43. The Morgan fingerprint density at radius 3 is 2.77 bits per heavy atom. The topological polar surface area (TPSA) is 89.9 Å². The van der Waals surface area contributed by atoms with E-state index in [4.69, 9.17) is 28.3 Å². The zero-order valence-electron chi connectivity index (χ0n) is 11.5. The maximum absolute atomic E-state index is 12.4. The van der Waals surface area contributed by atoms with Gasteiger partial charge in [0, 0.05) is 18.8 Å². The first kappa shape index (κ1) is 15.6. The summed E-state index contributed by atoms with van der Waals surface area (Å²) in [6.45, 7) is -0.185. The quantitative estimate of drug-likeness (QED) is 0.739. The van der Waals surface area contributed by atoms with Crippen molar-refractivity contribution in [2.75, 3.05) is 25.0 Å². The number of hydrogen-bond acceptors (Lipinski definition) is 4. The molecule has 2 aliphatic heterocycles.